The van der Waals surface area contributed by atoms with Gasteiger partial charge in [-0.2, -0.15) is 0 Å². The van der Waals surface area contributed by atoms with Gasteiger partial charge in [0.1, 0.15) is 0 Å². The van der Waals surface area contributed by atoms with E-state index in [4.69, 9.17) is 4.74 Å². The number of sulfone groups is 1. The summed E-state index contributed by atoms with van der Waals surface area (Å²) in [5.74, 6) is 0.850. The van der Waals surface area contributed by atoms with Gasteiger partial charge in [-0.05, 0) is 12.3 Å². The van der Waals surface area contributed by atoms with Crippen molar-refractivity contribution in [2.24, 2.45) is 5.92 Å². The quantitative estimate of drug-likeness (QED) is 0.767. The maximum Gasteiger partial charge on any atom is 0.317 e. The predicted molar refractivity (Wildman–Crippen MR) is 89.2 cm³/mol. The van der Waals surface area contributed by atoms with E-state index in [9.17, 15) is 13.2 Å². The minimum atomic E-state index is -2.98. The number of rotatable bonds is 5. The molecule has 0 aliphatic carbocycles. The average Bonchev–Trinajstić information content (AvgIpc) is 2.84. The number of morpholine rings is 1. The number of ether oxygens (including phenoxy) is 1. The number of hydrogen-bond donors (Lipinski definition) is 1. The van der Waals surface area contributed by atoms with Gasteiger partial charge in [0.25, 0.3) is 0 Å². The first-order valence-corrected chi connectivity index (χ1v) is 10.1. The van der Waals surface area contributed by atoms with Crippen molar-refractivity contribution < 1.29 is 17.9 Å². The predicted octanol–water partition coefficient (Wildman–Crippen LogP) is 0.172. The van der Waals surface area contributed by atoms with Gasteiger partial charge >= 0.3 is 6.03 Å². The second kappa shape index (κ2) is 7.81. The van der Waals surface area contributed by atoms with Crippen molar-refractivity contribution in [3.05, 3.63) is 0 Å². The molecule has 1 N–H and O–H groups in total. The molecule has 0 saturated carbocycles. The molecule has 134 valence electrons. The second-order valence-electron chi connectivity index (χ2n) is 7.00. The smallest absolute Gasteiger partial charge is 0.317 e. The fraction of sp³-hybridized carbons (Fsp3) is 0.933. The Balaban J connectivity index is 1.75. The van der Waals surface area contributed by atoms with Gasteiger partial charge in [-0.25, -0.2) is 13.2 Å². The third-order valence-electron chi connectivity index (χ3n) is 4.40. The summed E-state index contributed by atoms with van der Waals surface area (Å²) in [6, 6.07) is -0.443. The third kappa shape index (κ3) is 5.61. The molecule has 0 aromatic rings. The molecule has 2 aliphatic heterocycles. The molecule has 2 saturated heterocycles. The number of hydrogen-bond acceptors (Lipinski definition) is 5. The van der Waals surface area contributed by atoms with Crippen molar-refractivity contribution in [1.82, 2.24) is 15.1 Å². The minimum absolute atomic E-state index is 0.00726. The Labute approximate surface area is 139 Å². The summed E-state index contributed by atoms with van der Waals surface area (Å²) in [5.41, 5.74) is 0. The van der Waals surface area contributed by atoms with Crippen LogP contribution in [0.2, 0.25) is 0 Å². The van der Waals surface area contributed by atoms with Crippen LogP contribution in [0.3, 0.4) is 0 Å². The Bertz CT molecular complexity index is 509. The zero-order valence-electron chi connectivity index (χ0n) is 14.3. The van der Waals surface area contributed by atoms with E-state index in [2.05, 4.69) is 24.1 Å². The Kier molecular flexibility index (Phi) is 6.27. The summed E-state index contributed by atoms with van der Waals surface area (Å²) >= 11 is 0. The van der Waals surface area contributed by atoms with Crippen molar-refractivity contribution in [2.75, 3.05) is 51.3 Å². The van der Waals surface area contributed by atoms with Crippen LogP contribution in [0.1, 0.15) is 20.3 Å². The molecular weight excluding hydrogens is 318 g/mol. The molecule has 0 aromatic heterocycles. The van der Waals surface area contributed by atoms with E-state index in [1.54, 1.807) is 7.05 Å². The van der Waals surface area contributed by atoms with Crippen molar-refractivity contribution >= 4 is 15.9 Å². The molecule has 2 heterocycles. The maximum atomic E-state index is 12.2. The van der Waals surface area contributed by atoms with E-state index >= 15 is 0 Å². The van der Waals surface area contributed by atoms with Crippen LogP contribution in [0, 0.1) is 5.92 Å². The van der Waals surface area contributed by atoms with Gasteiger partial charge < -0.3 is 15.0 Å². The van der Waals surface area contributed by atoms with Gasteiger partial charge in [0.05, 0.1) is 24.2 Å². The molecule has 23 heavy (non-hydrogen) atoms. The van der Waals surface area contributed by atoms with E-state index in [1.807, 2.05) is 0 Å². The number of carbonyl (C=O) groups is 1. The molecule has 2 fully saturated rings. The molecule has 2 aliphatic rings. The van der Waals surface area contributed by atoms with Crippen molar-refractivity contribution in [1.29, 1.82) is 0 Å². The van der Waals surface area contributed by atoms with E-state index in [-0.39, 0.29) is 29.7 Å². The summed E-state index contributed by atoms with van der Waals surface area (Å²) in [6.45, 7) is 8.31. The zero-order valence-corrected chi connectivity index (χ0v) is 15.1. The molecule has 2 atom stereocenters. The first-order valence-electron chi connectivity index (χ1n) is 8.32. The topological polar surface area (TPSA) is 79.0 Å². The van der Waals surface area contributed by atoms with Crippen LogP contribution in [0.25, 0.3) is 0 Å². The lowest BCUT2D eigenvalue weighted by Crippen LogP contribution is -2.51. The minimum Gasteiger partial charge on any atom is -0.374 e. The monoisotopic (exact) mass is 347 g/mol. The van der Waals surface area contributed by atoms with Crippen molar-refractivity contribution in [3.63, 3.8) is 0 Å². The fourth-order valence-electron chi connectivity index (χ4n) is 3.16. The number of carbonyl (C=O) groups excluding carboxylic acids is 1. The van der Waals surface area contributed by atoms with Crippen LogP contribution in [0.15, 0.2) is 0 Å². The lowest BCUT2D eigenvalue weighted by Gasteiger charge is -2.34. The van der Waals surface area contributed by atoms with Crippen molar-refractivity contribution in [3.8, 4) is 0 Å². The lowest BCUT2D eigenvalue weighted by atomic mass is 10.2. The van der Waals surface area contributed by atoms with E-state index in [0.29, 0.717) is 25.5 Å². The molecule has 7 nitrogen and oxygen atoms in total. The Morgan fingerprint density at radius 1 is 1.43 bits per heavy atom. The molecule has 0 spiro atoms. The Morgan fingerprint density at radius 3 is 2.78 bits per heavy atom. The highest BCUT2D eigenvalue weighted by Crippen LogP contribution is 2.16. The molecular formula is C15H29N3O4S. The van der Waals surface area contributed by atoms with Gasteiger partial charge in [-0.3, -0.25) is 4.90 Å². The largest absolute Gasteiger partial charge is 0.374 e. The van der Waals surface area contributed by atoms with E-state index in [0.717, 1.165) is 19.6 Å². The summed E-state index contributed by atoms with van der Waals surface area (Å²) in [4.78, 5) is 16.1. The average molecular weight is 347 g/mol. The van der Waals surface area contributed by atoms with Gasteiger partial charge in [0.2, 0.25) is 0 Å². The second-order valence-corrected chi connectivity index (χ2v) is 9.23. The van der Waals surface area contributed by atoms with Crippen molar-refractivity contribution in [2.45, 2.75) is 32.4 Å². The Hall–Kier alpha value is -0.860. The molecule has 0 aromatic carbocycles. The van der Waals surface area contributed by atoms with Gasteiger partial charge in [0.15, 0.2) is 9.84 Å². The molecule has 2 rings (SSSR count). The normalized spacial score (nSPS) is 28.0. The van der Waals surface area contributed by atoms with Crippen LogP contribution >= 0.6 is 0 Å². The number of nitrogens with zero attached hydrogens (tertiary/aromatic N) is 2. The highest BCUT2D eigenvalue weighted by Gasteiger charge is 2.33. The molecule has 0 radical (unpaired) electrons. The summed E-state index contributed by atoms with van der Waals surface area (Å²) in [7, 11) is -1.32. The maximum absolute atomic E-state index is 12.2. The summed E-state index contributed by atoms with van der Waals surface area (Å²) < 4.78 is 28.7. The highest BCUT2D eigenvalue weighted by molar-refractivity contribution is 7.91. The van der Waals surface area contributed by atoms with Crippen LogP contribution in [-0.2, 0) is 14.6 Å². The van der Waals surface area contributed by atoms with Crippen LogP contribution in [0.4, 0.5) is 4.79 Å². The summed E-state index contributed by atoms with van der Waals surface area (Å²) in [6.07, 6.45) is 0.515. The van der Waals surface area contributed by atoms with Gasteiger partial charge in [-0.15, -0.1) is 0 Å². The first kappa shape index (κ1) is 18.5. The Morgan fingerprint density at radius 2 is 2.17 bits per heavy atom. The molecule has 2 amide bonds. The molecule has 0 bridgehead atoms. The van der Waals surface area contributed by atoms with Crippen LogP contribution in [-0.4, -0.2) is 87.7 Å². The third-order valence-corrected chi connectivity index (χ3v) is 6.15. The zero-order chi connectivity index (χ0) is 17.0. The molecule has 8 heteroatoms. The number of amides is 2. The SMILES string of the molecule is CC(C)CN1CCO[C@H](CNC(=O)N(C)[C@@H]2CCS(=O)(=O)C2)C1. The molecule has 0 unspecified atom stereocenters. The highest BCUT2D eigenvalue weighted by atomic mass is 32.2. The van der Waals surface area contributed by atoms with Crippen LogP contribution < -0.4 is 5.32 Å². The van der Waals surface area contributed by atoms with Crippen LogP contribution in [0.5, 0.6) is 0 Å². The number of urea groups is 1. The lowest BCUT2D eigenvalue weighted by molar-refractivity contribution is -0.0294. The standard InChI is InChI=1S/C15H29N3O4S/c1-12(2)9-18-5-6-22-14(10-18)8-16-15(19)17(3)13-4-7-23(20,21)11-13/h12-14H,4-11H2,1-3H3,(H,16,19)/t13-,14-/m1/s1. The fourth-order valence-corrected chi connectivity index (χ4v) is 4.93. The van der Waals surface area contributed by atoms with Gasteiger partial charge in [-0.1, -0.05) is 13.8 Å². The number of nitrogens with one attached hydrogen (secondary N) is 1. The first-order chi connectivity index (χ1) is 10.8. The summed E-state index contributed by atoms with van der Waals surface area (Å²) in [5, 5.41) is 2.87. The van der Waals surface area contributed by atoms with E-state index in [1.165, 1.54) is 4.90 Å². The van der Waals surface area contributed by atoms with E-state index < -0.39 is 9.84 Å². The van der Waals surface area contributed by atoms with Gasteiger partial charge in [0, 0.05) is 39.3 Å².